The molecule has 0 spiro atoms. The molecule has 140 valence electrons. The van der Waals surface area contributed by atoms with Crippen molar-refractivity contribution in [1.82, 2.24) is 10.2 Å². The second-order valence-corrected chi connectivity index (χ2v) is 6.42. The van der Waals surface area contributed by atoms with E-state index < -0.39 is 11.9 Å². The number of benzene rings is 1. The molecule has 28 heavy (non-hydrogen) atoms. The van der Waals surface area contributed by atoms with Gasteiger partial charge < -0.3 is 9.73 Å². The van der Waals surface area contributed by atoms with Crippen LogP contribution in [0.15, 0.2) is 76.4 Å². The molecule has 0 bridgehead atoms. The Kier molecular flexibility index (Phi) is 4.72. The van der Waals surface area contributed by atoms with Gasteiger partial charge in [0, 0.05) is 5.56 Å². The van der Waals surface area contributed by atoms with E-state index in [2.05, 4.69) is 10.3 Å². The molecule has 1 atom stereocenters. The van der Waals surface area contributed by atoms with Crippen LogP contribution in [0.4, 0.5) is 4.79 Å². The van der Waals surface area contributed by atoms with E-state index >= 15 is 0 Å². The van der Waals surface area contributed by atoms with Crippen LogP contribution in [0.2, 0.25) is 0 Å². The van der Waals surface area contributed by atoms with Gasteiger partial charge in [-0.05, 0) is 35.9 Å². The lowest BCUT2D eigenvalue weighted by molar-refractivity contribution is -0.129. The number of nitrogens with one attached hydrogen (secondary N) is 1. The van der Waals surface area contributed by atoms with E-state index in [1.807, 2.05) is 0 Å². The van der Waals surface area contributed by atoms with Gasteiger partial charge in [-0.1, -0.05) is 30.4 Å². The molecule has 0 radical (unpaired) electrons. The lowest BCUT2D eigenvalue weighted by atomic mass is 9.95. The van der Waals surface area contributed by atoms with Crippen LogP contribution in [0.3, 0.4) is 0 Å². The Morgan fingerprint density at radius 3 is 2.71 bits per heavy atom. The maximum atomic E-state index is 12.6. The number of rotatable bonds is 5. The third kappa shape index (κ3) is 3.55. The van der Waals surface area contributed by atoms with Crippen molar-refractivity contribution in [3.8, 4) is 0 Å². The third-order valence-electron chi connectivity index (χ3n) is 4.55. The Morgan fingerprint density at radius 1 is 1.14 bits per heavy atom. The smallest absolute Gasteiger partial charge is 0.350 e. The van der Waals surface area contributed by atoms with E-state index in [0.717, 1.165) is 10.5 Å². The number of carbonyl (C=O) groups is 3. The van der Waals surface area contributed by atoms with Crippen LogP contribution in [-0.2, 0) is 17.9 Å². The Bertz CT molecular complexity index is 1000. The molecule has 7 heteroatoms. The normalized spacial score (nSPS) is 18.1. The number of carbonyl (C=O) groups excluding carboxylic acids is 3. The fourth-order valence-corrected chi connectivity index (χ4v) is 3.05. The summed E-state index contributed by atoms with van der Waals surface area (Å²) in [4.78, 5) is 42.2. The van der Waals surface area contributed by atoms with Crippen LogP contribution in [0, 0.1) is 5.92 Å². The maximum Gasteiger partial charge on any atom is 0.350 e. The molecule has 1 aliphatic carbocycles. The number of furan rings is 1. The molecule has 1 aromatic carbocycles. The number of hydrogen-bond acceptors (Lipinski definition) is 4. The van der Waals surface area contributed by atoms with Gasteiger partial charge in [-0.2, -0.15) is 4.99 Å². The summed E-state index contributed by atoms with van der Waals surface area (Å²) >= 11 is 0. The van der Waals surface area contributed by atoms with Gasteiger partial charge in [-0.25, -0.2) is 4.79 Å². The van der Waals surface area contributed by atoms with Crippen molar-refractivity contribution in [3.05, 3.63) is 83.9 Å². The monoisotopic (exact) mass is 375 g/mol. The predicted molar refractivity (Wildman–Crippen MR) is 101 cm³/mol. The lowest BCUT2D eigenvalue weighted by Crippen LogP contribution is -2.45. The number of amides is 4. The highest BCUT2D eigenvalue weighted by Gasteiger charge is 2.35. The number of imide groups is 1. The van der Waals surface area contributed by atoms with Crippen LogP contribution in [0.1, 0.15) is 21.7 Å². The topological polar surface area (TPSA) is 92.0 Å². The molecule has 4 amide bonds. The molecule has 0 saturated carbocycles. The number of nitrogens with zero attached hydrogens (tertiary/aromatic N) is 2. The molecule has 0 saturated heterocycles. The van der Waals surface area contributed by atoms with Gasteiger partial charge in [0.25, 0.3) is 5.91 Å². The first-order chi connectivity index (χ1) is 13.6. The summed E-state index contributed by atoms with van der Waals surface area (Å²) in [6, 6.07) is 9.72. The van der Waals surface area contributed by atoms with Crippen molar-refractivity contribution in [2.75, 3.05) is 0 Å². The Hall–Kier alpha value is -3.74. The fourth-order valence-electron chi connectivity index (χ4n) is 3.05. The summed E-state index contributed by atoms with van der Waals surface area (Å²) in [5.41, 5.74) is 1.68. The summed E-state index contributed by atoms with van der Waals surface area (Å²) in [6.45, 7) is 0.408. The first-order valence-corrected chi connectivity index (χ1v) is 8.80. The van der Waals surface area contributed by atoms with Crippen LogP contribution in [0.5, 0.6) is 0 Å². The number of hydrogen-bond donors (Lipinski definition) is 1. The Balaban J connectivity index is 1.41. The number of urea groups is 1. The van der Waals surface area contributed by atoms with Gasteiger partial charge in [0.15, 0.2) is 0 Å². The molecule has 1 unspecified atom stereocenters. The standard InChI is InChI=1S/C21H17N3O4/c25-19(22-12-16-4-3-11-28-16)15-9-7-14(8-10-15)13-24-20(26)17-5-1-2-6-18(17)23-21(24)27/h1-11,17H,12-13H2,(H,22,25). The second kappa shape index (κ2) is 7.48. The molecule has 1 N–H and O–H groups in total. The number of fused-ring (bicyclic) bond motifs is 1. The van der Waals surface area contributed by atoms with Gasteiger partial charge in [-0.3, -0.25) is 14.5 Å². The number of aliphatic imine (C=N–C) groups is 1. The zero-order valence-corrected chi connectivity index (χ0v) is 14.9. The molecule has 2 heterocycles. The van der Waals surface area contributed by atoms with Crippen molar-refractivity contribution >= 4 is 23.6 Å². The van der Waals surface area contributed by atoms with Crippen molar-refractivity contribution in [2.45, 2.75) is 13.1 Å². The maximum absolute atomic E-state index is 12.6. The summed E-state index contributed by atoms with van der Waals surface area (Å²) < 4.78 is 5.18. The van der Waals surface area contributed by atoms with Gasteiger partial charge in [-0.15, -0.1) is 0 Å². The summed E-state index contributed by atoms with van der Waals surface area (Å²) in [5, 5.41) is 2.76. The average molecular weight is 375 g/mol. The molecule has 2 aliphatic rings. The average Bonchev–Trinajstić information content (AvgIpc) is 3.23. The van der Waals surface area contributed by atoms with E-state index in [1.165, 1.54) is 0 Å². The van der Waals surface area contributed by atoms with E-state index in [-0.39, 0.29) is 18.4 Å². The van der Waals surface area contributed by atoms with E-state index in [0.29, 0.717) is 23.6 Å². The summed E-state index contributed by atoms with van der Waals surface area (Å²) in [5.74, 6) is -0.384. The zero-order valence-electron chi connectivity index (χ0n) is 14.9. The lowest BCUT2D eigenvalue weighted by Gasteiger charge is -2.28. The third-order valence-corrected chi connectivity index (χ3v) is 4.55. The van der Waals surface area contributed by atoms with E-state index in [4.69, 9.17) is 4.42 Å². The van der Waals surface area contributed by atoms with E-state index in [1.54, 1.807) is 67.0 Å². The SMILES string of the molecule is O=C(NCc1ccco1)c1ccc(CN2C(=O)N=C3C=CC=CC3C2=O)cc1. The molecule has 0 fully saturated rings. The van der Waals surface area contributed by atoms with Gasteiger partial charge in [0.1, 0.15) is 5.76 Å². The van der Waals surface area contributed by atoms with Gasteiger partial charge in [0.2, 0.25) is 5.91 Å². The highest BCUT2D eigenvalue weighted by molar-refractivity contribution is 6.21. The molecule has 2 aromatic rings. The van der Waals surface area contributed by atoms with Crippen LogP contribution in [-0.4, -0.2) is 28.5 Å². The molecular weight excluding hydrogens is 358 g/mol. The fraction of sp³-hybridized carbons (Fsp3) is 0.143. The van der Waals surface area contributed by atoms with Crippen LogP contribution < -0.4 is 5.32 Å². The summed E-state index contributed by atoms with van der Waals surface area (Å²) in [6.07, 6.45) is 8.47. The molecule has 1 aliphatic heterocycles. The first-order valence-electron chi connectivity index (χ1n) is 8.80. The van der Waals surface area contributed by atoms with Crippen molar-refractivity contribution in [1.29, 1.82) is 0 Å². The minimum absolute atomic E-state index is 0.108. The minimum Gasteiger partial charge on any atom is -0.467 e. The van der Waals surface area contributed by atoms with Crippen molar-refractivity contribution < 1.29 is 18.8 Å². The second-order valence-electron chi connectivity index (χ2n) is 6.42. The van der Waals surface area contributed by atoms with Crippen molar-refractivity contribution in [2.24, 2.45) is 10.9 Å². The molecular formula is C21H17N3O4. The minimum atomic E-state index is -0.573. The van der Waals surface area contributed by atoms with Crippen molar-refractivity contribution in [3.63, 3.8) is 0 Å². The zero-order chi connectivity index (χ0) is 19.5. The van der Waals surface area contributed by atoms with Crippen LogP contribution in [0.25, 0.3) is 0 Å². The quantitative estimate of drug-likeness (QED) is 0.870. The molecule has 7 nitrogen and oxygen atoms in total. The Morgan fingerprint density at radius 2 is 1.96 bits per heavy atom. The van der Waals surface area contributed by atoms with Crippen LogP contribution >= 0.6 is 0 Å². The molecule has 1 aromatic heterocycles. The largest absolute Gasteiger partial charge is 0.467 e. The molecule has 4 rings (SSSR count). The highest BCUT2D eigenvalue weighted by atomic mass is 16.3. The number of allylic oxidation sites excluding steroid dienone is 3. The first kappa shape index (κ1) is 17.7. The highest BCUT2D eigenvalue weighted by Crippen LogP contribution is 2.21. The summed E-state index contributed by atoms with van der Waals surface area (Å²) in [7, 11) is 0. The predicted octanol–water partition coefficient (Wildman–Crippen LogP) is 2.86. The van der Waals surface area contributed by atoms with E-state index in [9.17, 15) is 14.4 Å². The Labute approximate surface area is 161 Å². The van der Waals surface area contributed by atoms with Gasteiger partial charge >= 0.3 is 6.03 Å². The van der Waals surface area contributed by atoms with Gasteiger partial charge in [0.05, 0.1) is 31.0 Å².